The second-order valence-corrected chi connectivity index (χ2v) is 8.66. The molecule has 4 rings (SSSR count). The van der Waals surface area contributed by atoms with Crippen molar-refractivity contribution in [2.45, 2.75) is 13.8 Å². The summed E-state index contributed by atoms with van der Waals surface area (Å²) in [7, 11) is 3.09. The van der Waals surface area contributed by atoms with Crippen molar-refractivity contribution in [3.8, 4) is 28.2 Å². The Balaban J connectivity index is 1.83. The van der Waals surface area contributed by atoms with Gasteiger partial charge in [-0.3, -0.25) is 9.59 Å². The first-order valence-electron chi connectivity index (χ1n) is 11.3. The highest BCUT2D eigenvalue weighted by molar-refractivity contribution is 6.12. The van der Waals surface area contributed by atoms with E-state index in [0.717, 1.165) is 11.1 Å². The van der Waals surface area contributed by atoms with Gasteiger partial charge in [-0.1, -0.05) is 19.9 Å². The lowest BCUT2D eigenvalue weighted by atomic mass is 9.98. The van der Waals surface area contributed by atoms with Crippen molar-refractivity contribution >= 4 is 22.8 Å². The highest BCUT2D eigenvalue weighted by Gasteiger charge is 2.22. The Labute approximate surface area is 203 Å². The van der Waals surface area contributed by atoms with Gasteiger partial charge in [-0.15, -0.1) is 0 Å². The van der Waals surface area contributed by atoms with Crippen LogP contribution in [0.25, 0.3) is 33.4 Å². The number of furan rings is 1. The average molecular weight is 475 g/mol. The third-order valence-electron chi connectivity index (χ3n) is 5.66. The van der Waals surface area contributed by atoms with Gasteiger partial charge in [0.05, 0.1) is 12.7 Å². The molecule has 0 bridgehead atoms. The molecule has 0 unspecified atom stereocenters. The van der Waals surface area contributed by atoms with E-state index in [1.807, 2.05) is 32.0 Å². The molecule has 0 atom stereocenters. The van der Waals surface area contributed by atoms with Crippen LogP contribution in [-0.2, 0) is 0 Å². The Kier molecular flexibility index (Phi) is 6.87. The largest absolute Gasteiger partial charge is 0.497 e. The predicted octanol–water partition coefficient (Wildman–Crippen LogP) is 5.66. The van der Waals surface area contributed by atoms with Gasteiger partial charge in [0.15, 0.2) is 0 Å². The smallest absolute Gasteiger partial charge is 0.255 e. The minimum atomic E-state index is -0.375. The van der Waals surface area contributed by atoms with Crippen LogP contribution in [0.2, 0.25) is 0 Å². The summed E-state index contributed by atoms with van der Waals surface area (Å²) in [6, 6.07) is 16.6. The average Bonchev–Trinajstić information content (AvgIpc) is 3.25. The number of halogens is 1. The number of ether oxygens (including phenoxy) is 1. The summed E-state index contributed by atoms with van der Waals surface area (Å²) < 4.78 is 24.9. The van der Waals surface area contributed by atoms with Crippen molar-refractivity contribution in [3.63, 3.8) is 0 Å². The zero-order valence-corrected chi connectivity index (χ0v) is 20.1. The number of carbonyl (C=O) groups excluding carboxylic acids is 2. The van der Waals surface area contributed by atoms with Crippen molar-refractivity contribution in [2.75, 3.05) is 20.7 Å². The molecule has 4 aromatic rings. The molecular formula is C28H27FN2O4. The number of amides is 2. The Morgan fingerprint density at radius 2 is 1.66 bits per heavy atom. The SMILES string of the molecule is CNC(=O)c1c(-c2ccc(F)cc2)oc2ccc(-c3cc(OC)cc(C(=O)NCC(C)C)c3)cc12. The first kappa shape index (κ1) is 24.0. The molecule has 6 nitrogen and oxygen atoms in total. The standard InChI is InChI=1S/C28H27FN2O4/c1-16(2)15-31-27(32)20-11-19(12-22(13-20)34-4)18-7-10-24-23(14-18)25(28(33)30-3)26(35-24)17-5-8-21(29)9-6-17/h5-14,16H,15H2,1-4H3,(H,30,33)(H,31,32). The van der Waals surface area contributed by atoms with E-state index < -0.39 is 0 Å². The van der Waals surface area contributed by atoms with Crippen LogP contribution in [-0.4, -0.2) is 32.5 Å². The predicted molar refractivity (Wildman–Crippen MR) is 134 cm³/mol. The third-order valence-corrected chi connectivity index (χ3v) is 5.66. The van der Waals surface area contributed by atoms with Gasteiger partial charge in [0.2, 0.25) is 0 Å². The summed E-state index contributed by atoms with van der Waals surface area (Å²) >= 11 is 0. The maximum Gasteiger partial charge on any atom is 0.255 e. The number of hydrogen-bond donors (Lipinski definition) is 2. The van der Waals surface area contributed by atoms with E-state index >= 15 is 0 Å². The number of rotatable bonds is 7. The summed E-state index contributed by atoms with van der Waals surface area (Å²) in [5, 5.41) is 6.19. The van der Waals surface area contributed by atoms with E-state index in [-0.39, 0.29) is 17.6 Å². The Morgan fingerprint density at radius 3 is 2.31 bits per heavy atom. The maximum atomic E-state index is 13.5. The molecule has 1 heterocycles. The molecule has 0 fully saturated rings. The van der Waals surface area contributed by atoms with Crippen molar-refractivity contribution in [1.29, 1.82) is 0 Å². The van der Waals surface area contributed by atoms with E-state index in [0.29, 0.717) is 51.6 Å². The molecule has 0 saturated carbocycles. The summed E-state index contributed by atoms with van der Waals surface area (Å²) in [5.41, 5.74) is 3.48. The lowest BCUT2D eigenvalue weighted by Crippen LogP contribution is -2.27. The van der Waals surface area contributed by atoms with Crippen LogP contribution in [0.1, 0.15) is 34.6 Å². The van der Waals surface area contributed by atoms with E-state index in [1.165, 1.54) is 12.1 Å². The third kappa shape index (κ3) is 5.04. The molecule has 3 aromatic carbocycles. The fourth-order valence-electron chi connectivity index (χ4n) is 3.85. The minimum absolute atomic E-state index is 0.187. The number of carbonyl (C=O) groups is 2. The summed E-state index contributed by atoms with van der Waals surface area (Å²) in [6.07, 6.45) is 0. The van der Waals surface area contributed by atoms with Crippen LogP contribution in [0.4, 0.5) is 4.39 Å². The molecule has 0 saturated heterocycles. The van der Waals surface area contributed by atoms with Crippen LogP contribution >= 0.6 is 0 Å². The molecule has 1 aromatic heterocycles. The molecule has 0 spiro atoms. The van der Waals surface area contributed by atoms with E-state index in [2.05, 4.69) is 10.6 Å². The zero-order chi connectivity index (χ0) is 25.1. The van der Waals surface area contributed by atoms with Crippen LogP contribution < -0.4 is 15.4 Å². The van der Waals surface area contributed by atoms with Gasteiger partial charge in [-0.05, 0) is 71.6 Å². The summed E-state index contributed by atoms with van der Waals surface area (Å²) in [5.74, 6) is 0.345. The Morgan fingerprint density at radius 1 is 0.943 bits per heavy atom. The van der Waals surface area contributed by atoms with E-state index in [9.17, 15) is 14.0 Å². The van der Waals surface area contributed by atoms with Crippen LogP contribution in [0, 0.1) is 11.7 Å². The van der Waals surface area contributed by atoms with Crippen molar-refractivity contribution < 1.29 is 23.1 Å². The van der Waals surface area contributed by atoms with Gasteiger partial charge in [-0.25, -0.2) is 4.39 Å². The lowest BCUT2D eigenvalue weighted by Gasteiger charge is -2.11. The lowest BCUT2D eigenvalue weighted by molar-refractivity contribution is 0.0945. The monoisotopic (exact) mass is 474 g/mol. The van der Waals surface area contributed by atoms with Gasteiger partial charge in [0.25, 0.3) is 11.8 Å². The highest BCUT2D eigenvalue weighted by Crippen LogP contribution is 2.37. The molecule has 180 valence electrons. The molecule has 2 N–H and O–H groups in total. The quantitative estimate of drug-likeness (QED) is 0.362. The molecule has 2 amide bonds. The zero-order valence-electron chi connectivity index (χ0n) is 20.1. The van der Waals surface area contributed by atoms with E-state index in [4.69, 9.17) is 9.15 Å². The van der Waals surface area contributed by atoms with Crippen molar-refractivity contribution in [1.82, 2.24) is 10.6 Å². The first-order chi connectivity index (χ1) is 16.8. The Hall–Kier alpha value is -4.13. The van der Waals surface area contributed by atoms with Crippen LogP contribution in [0.5, 0.6) is 5.75 Å². The van der Waals surface area contributed by atoms with Crippen molar-refractivity contribution in [3.05, 3.63) is 77.6 Å². The van der Waals surface area contributed by atoms with Gasteiger partial charge in [0.1, 0.15) is 22.9 Å². The maximum absolute atomic E-state index is 13.5. The van der Waals surface area contributed by atoms with Gasteiger partial charge in [-0.2, -0.15) is 0 Å². The number of methoxy groups -OCH3 is 1. The molecule has 35 heavy (non-hydrogen) atoms. The molecule has 0 radical (unpaired) electrons. The second kappa shape index (κ2) is 10.0. The summed E-state index contributed by atoms with van der Waals surface area (Å²) in [6.45, 7) is 4.62. The van der Waals surface area contributed by atoms with Gasteiger partial charge < -0.3 is 19.8 Å². The Bertz CT molecular complexity index is 1390. The number of benzene rings is 3. The number of fused-ring (bicyclic) bond motifs is 1. The van der Waals surface area contributed by atoms with Crippen molar-refractivity contribution in [2.24, 2.45) is 5.92 Å². The molecule has 7 heteroatoms. The first-order valence-corrected chi connectivity index (χ1v) is 11.3. The molecule has 0 aliphatic carbocycles. The van der Waals surface area contributed by atoms with Crippen LogP contribution in [0.3, 0.4) is 0 Å². The fourth-order valence-corrected chi connectivity index (χ4v) is 3.85. The second-order valence-electron chi connectivity index (χ2n) is 8.66. The number of nitrogens with one attached hydrogen (secondary N) is 2. The number of hydrogen-bond acceptors (Lipinski definition) is 4. The summed E-state index contributed by atoms with van der Waals surface area (Å²) in [4.78, 5) is 25.6. The highest BCUT2D eigenvalue weighted by atomic mass is 19.1. The molecular weight excluding hydrogens is 447 g/mol. The molecule has 0 aliphatic rings. The molecule has 0 aliphatic heterocycles. The topological polar surface area (TPSA) is 80.6 Å². The van der Waals surface area contributed by atoms with Crippen LogP contribution in [0.15, 0.2) is 65.1 Å². The normalized spacial score (nSPS) is 11.0. The fraction of sp³-hybridized carbons (Fsp3) is 0.214. The van der Waals surface area contributed by atoms with E-state index in [1.54, 1.807) is 44.5 Å². The van der Waals surface area contributed by atoms with Gasteiger partial charge >= 0.3 is 0 Å². The van der Waals surface area contributed by atoms with Gasteiger partial charge in [0, 0.05) is 30.1 Å². The minimum Gasteiger partial charge on any atom is -0.497 e.